The van der Waals surface area contributed by atoms with Crippen molar-refractivity contribution < 1.29 is 14.3 Å². The van der Waals surface area contributed by atoms with Gasteiger partial charge in [0.05, 0.1) is 6.10 Å². The monoisotopic (exact) mass is 278 g/mol. The van der Waals surface area contributed by atoms with E-state index in [0.717, 1.165) is 39.0 Å². The molecule has 3 aliphatic rings. The summed E-state index contributed by atoms with van der Waals surface area (Å²) in [7, 11) is 0. The summed E-state index contributed by atoms with van der Waals surface area (Å²) in [5, 5.41) is 0. The molecule has 0 aromatic rings. The number of hydrogen-bond acceptors (Lipinski definition) is 3. The Morgan fingerprint density at radius 2 is 1.85 bits per heavy atom. The number of carbonyl (C=O) groups is 2. The van der Waals surface area contributed by atoms with Gasteiger partial charge in [-0.15, -0.1) is 0 Å². The Labute approximate surface area is 119 Å². The van der Waals surface area contributed by atoms with Gasteiger partial charge in [0.25, 0.3) is 0 Å². The topological polar surface area (TPSA) is 49.9 Å². The summed E-state index contributed by atoms with van der Waals surface area (Å²) in [6.07, 6.45) is 4.24. The van der Waals surface area contributed by atoms with Crippen molar-refractivity contribution in [3.8, 4) is 0 Å². The van der Waals surface area contributed by atoms with Gasteiger partial charge in [0, 0.05) is 44.6 Å². The van der Waals surface area contributed by atoms with Crippen LogP contribution in [0.15, 0.2) is 12.7 Å². The van der Waals surface area contributed by atoms with Crippen LogP contribution in [0.1, 0.15) is 19.3 Å². The summed E-state index contributed by atoms with van der Waals surface area (Å²) in [5.74, 6) is 0.845. The fourth-order valence-electron chi connectivity index (χ4n) is 3.59. The molecule has 3 fully saturated rings. The lowest BCUT2D eigenvalue weighted by Crippen LogP contribution is -2.43. The summed E-state index contributed by atoms with van der Waals surface area (Å²) >= 11 is 0. The second-order valence-electron chi connectivity index (χ2n) is 6.00. The second-order valence-corrected chi connectivity index (χ2v) is 6.00. The highest BCUT2D eigenvalue weighted by Gasteiger charge is 2.41. The van der Waals surface area contributed by atoms with E-state index in [1.165, 1.54) is 6.08 Å². The summed E-state index contributed by atoms with van der Waals surface area (Å²) in [4.78, 5) is 27.8. The molecule has 0 unspecified atom stereocenters. The smallest absolute Gasteiger partial charge is 0.245 e. The third kappa shape index (κ3) is 2.46. The first kappa shape index (κ1) is 13.6. The summed E-state index contributed by atoms with van der Waals surface area (Å²) in [6.45, 7) is 7.30. The predicted molar refractivity (Wildman–Crippen MR) is 73.9 cm³/mol. The lowest BCUT2D eigenvalue weighted by atomic mass is 9.95. The highest BCUT2D eigenvalue weighted by atomic mass is 16.5. The van der Waals surface area contributed by atoms with Gasteiger partial charge >= 0.3 is 0 Å². The number of amides is 2. The van der Waals surface area contributed by atoms with Crippen LogP contribution in [0.3, 0.4) is 0 Å². The molecule has 110 valence electrons. The summed E-state index contributed by atoms with van der Waals surface area (Å²) in [6, 6.07) is 0. The van der Waals surface area contributed by atoms with Crippen LogP contribution >= 0.6 is 0 Å². The molecule has 0 aromatic carbocycles. The van der Waals surface area contributed by atoms with Crippen molar-refractivity contribution in [2.45, 2.75) is 25.4 Å². The van der Waals surface area contributed by atoms with Crippen LogP contribution in [-0.4, -0.2) is 60.5 Å². The first-order chi connectivity index (χ1) is 9.69. The molecule has 3 aliphatic heterocycles. The molecular weight excluding hydrogens is 256 g/mol. The molecule has 0 saturated carbocycles. The van der Waals surface area contributed by atoms with Crippen molar-refractivity contribution in [1.82, 2.24) is 9.80 Å². The molecule has 5 nitrogen and oxygen atoms in total. The summed E-state index contributed by atoms with van der Waals surface area (Å²) in [5.41, 5.74) is 0. The van der Waals surface area contributed by atoms with Crippen molar-refractivity contribution >= 4 is 11.8 Å². The van der Waals surface area contributed by atoms with E-state index in [1.54, 1.807) is 4.90 Å². The summed E-state index contributed by atoms with van der Waals surface area (Å²) < 4.78 is 5.65. The highest BCUT2D eigenvalue weighted by molar-refractivity contribution is 5.87. The zero-order valence-electron chi connectivity index (χ0n) is 11.8. The van der Waals surface area contributed by atoms with Crippen LogP contribution in [0.5, 0.6) is 0 Å². The molecule has 2 atom stereocenters. The van der Waals surface area contributed by atoms with Crippen LogP contribution in [0, 0.1) is 11.8 Å². The van der Waals surface area contributed by atoms with Crippen LogP contribution < -0.4 is 0 Å². The highest BCUT2D eigenvalue weighted by Crippen LogP contribution is 2.31. The van der Waals surface area contributed by atoms with Gasteiger partial charge in [-0.1, -0.05) is 6.58 Å². The Balaban J connectivity index is 1.52. The fourth-order valence-corrected chi connectivity index (χ4v) is 3.59. The van der Waals surface area contributed by atoms with Gasteiger partial charge in [-0.3, -0.25) is 9.59 Å². The number of nitrogens with zero attached hydrogens (tertiary/aromatic N) is 2. The molecule has 0 spiro atoms. The minimum Gasteiger partial charge on any atom is -0.376 e. The number of ether oxygens (including phenoxy) is 1. The predicted octanol–water partition coefficient (Wildman–Crippen LogP) is 0.658. The normalized spacial score (nSPS) is 30.4. The molecular formula is C15H22N2O3. The molecule has 2 amide bonds. The molecule has 3 heterocycles. The largest absolute Gasteiger partial charge is 0.376 e. The first-order valence-corrected chi connectivity index (χ1v) is 7.50. The van der Waals surface area contributed by atoms with Crippen LogP contribution in [0.2, 0.25) is 0 Å². The minimum atomic E-state index is -0.0278. The van der Waals surface area contributed by atoms with Gasteiger partial charge in [0.2, 0.25) is 11.8 Å². The Morgan fingerprint density at radius 3 is 2.50 bits per heavy atom. The van der Waals surface area contributed by atoms with E-state index < -0.39 is 0 Å². The zero-order valence-corrected chi connectivity index (χ0v) is 11.8. The lowest BCUT2D eigenvalue weighted by Gasteiger charge is -2.32. The molecule has 0 aliphatic carbocycles. The second kappa shape index (κ2) is 5.56. The molecule has 20 heavy (non-hydrogen) atoms. The van der Waals surface area contributed by atoms with Gasteiger partial charge in [-0.25, -0.2) is 0 Å². The minimum absolute atomic E-state index is 0.0278. The van der Waals surface area contributed by atoms with Crippen molar-refractivity contribution in [3.63, 3.8) is 0 Å². The Hall–Kier alpha value is -1.36. The van der Waals surface area contributed by atoms with E-state index in [1.807, 2.05) is 4.90 Å². The maximum atomic E-state index is 12.5. The third-order valence-corrected chi connectivity index (χ3v) is 4.84. The average molecular weight is 278 g/mol. The van der Waals surface area contributed by atoms with Crippen molar-refractivity contribution in [2.75, 3.05) is 32.8 Å². The van der Waals surface area contributed by atoms with Gasteiger partial charge in [-0.05, 0) is 25.3 Å². The molecule has 0 aromatic heterocycles. The van der Waals surface area contributed by atoms with Crippen LogP contribution in [0.25, 0.3) is 0 Å². The zero-order chi connectivity index (χ0) is 14.1. The number of likely N-dealkylation sites (tertiary alicyclic amines) is 2. The fraction of sp³-hybridized carbons (Fsp3) is 0.733. The number of carbonyl (C=O) groups excluding carboxylic acids is 2. The quantitative estimate of drug-likeness (QED) is 0.697. The Kier molecular flexibility index (Phi) is 3.78. The number of rotatable bonds is 2. The van der Waals surface area contributed by atoms with E-state index in [4.69, 9.17) is 4.74 Å². The third-order valence-electron chi connectivity index (χ3n) is 4.84. The van der Waals surface area contributed by atoms with E-state index in [9.17, 15) is 9.59 Å². The number of hydrogen-bond donors (Lipinski definition) is 0. The molecule has 0 bridgehead atoms. The van der Waals surface area contributed by atoms with Crippen LogP contribution in [0.4, 0.5) is 0 Å². The first-order valence-electron chi connectivity index (χ1n) is 7.50. The SMILES string of the molecule is C=CC(=O)N1CCC(C(=O)N2C[C@@H]3CCO[C@@H]3C2)CC1. The van der Waals surface area contributed by atoms with Crippen molar-refractivity contribution in [3.05, 3.63) is 12.7 Å². The average Bonchev–Trinajstić information content (AvgIpc) is 3.07. The molecule has 5 heteroatoms. The maximum Gasteiger partial charge on any atom is 0.245 e. The number of piperidine rings is 1. The van der Waals surface area contributed by atoms with Gasteiger partial charge in [0.15, 0.2) is 0 Å². The standard InChI is InChI=1S/C15H22N2O3/c1-2-14(18)16-6-3-11(4-7-16)15(19)17-9-12-5-8-20-13(12)10-17/h2,11-13H,1,3-10H2/t12-,13+/m0/s1. The lowest BCUT2D eigenvalue weighted by molar-refractivity contribution is -0.139. The van der Waals surface area contributed by atoms with Gasteiger partial charge in [-0.2, -0.15) is 0 Å². The van der Waals surface area contributed by atoms with Gasteiger partial charge < -0.3 is 14.5 Å². The number of fused-ring (bicyclic) bond motifs is 1. The molecule has 3 rings (SSSR count). The molecule has 0 radical (unpaired) electrons. The van der Waals surface area contributed by atoms with E-state index in [-0.39, 0.29) is 23.8 Å². The van der Waals surface area contributed by atoms with Gasteiger partial charge in [0.1, 0.15) is 0 Å². The Bertz CT molecular complexity index is 403. The Morgan fingerprint density at radius 1 is 1.10 bits per heavy atom. The van der Waals surface area contributed by atoms with Crippen LogP contribution in [-0.2, 0) is 14.3 Å². The van der Waals surface area contributed by atoms with E-state index in [0.29, 0.717) is 19.0 Å². The van der Waals surface area contributed by atoms with E-state index >= 15 is 0 Å². The van der Waals surface area contributed by atoms with Crippen molar-refractivity contribution in [2.24, 2.45) is 11.8 Å². The molecule has 0 N–H and O–H groups in total. The van der Waals surface area contributed by atoms with Crippen molar-refractivity contribution in [1.29, 1.82) is 0 Å². The molecule has 3 saturated heterocycles. The maximum absolute atomic E-state index is 12.5. The van der Waals surface area contributed by atoms with E-state index in [2.05, 4.69) is 6.58 Å².